The van der Waals surface area contributed by atoms with E-state index in [0.29, 0.717) is 23.9 Å². The molecule has 0 saturated heterocycles. The molecule has 140 valence electrons. The van der Waals surface area contributed by atoms with E-state index in [-0.39, 0.29) is 12.3 Å². The lowest BCUT2D eigenvalue weighted by atomic mass is 10.0. The number of ether oxygens (including phenoxy) is 1. The van der Waals surface area contributed by atoms with E-state index in [1.165, 1.54) is 5.56 Å². The molecule has 27 heavy (non-hydrogen) atoms. The third-order valence-corrected chi connectivity index (χ3v) is 5.27. The molecule has 0 N–H and O–H groups in total. The van der Waals surface area contributed by atoms with Gasteiger partial charge in [-0.2, -0.15) is 4.99 Å². The zero-order valence-corrected chi connectivity index (χ0v) is 16.5. The zero-order valence-electron chi connectivity index (χ0n) is 15.7. The SMILES string of the molecule is C=CCn1c(=NC(=O)CCOc2ccccc2)sc2cc(C(C)C)ccc21. The van der Waals surface area contributed by atoms with E-state index in [4.69, 9.17) is 4.74 Å². The number of nitrogens with zero attached hydrogens (tertiary/aromatic N) is 2. The maximum Gasteiger partial charge on any atom is 0.251 e. The summed E-state index contributed by atoms with van der Waals surface area (Å²) in [5, 5.41) is 0. The molecule has 0 saturated carbocycles. The smallest absolute Gasteiger partial charge is 0.251 e. The van der Waals surface area contributed by atoms with E-state index in [1.54, 1.807) is 11.3 Å². The Kier molecular flexibility index (Phi) is 6.24. The van der Waals surface area contributed by atoms with Crippen LogP contribution in [0.15, 0.2) is 66.2 Å². The van der Waals surface area contributed by atoms with Crippen molar-refractivity contribution in [3.05, 3.63) is 71.6 Å². The van der Waals surface area contributed by atoms with Gasteiger partial charge in [-0.3, -0.25) is 4.79 Å². The monoisotopic (exact) mass is 380 g/mol. The van der Waals surface area contributed by atoms with Crippen molar-refractivity contribution < 1.29 is 9.53 Å². The Morgan fingerprint density at radius 2 is 2.04 bits per heavy atom. The fourth-order valence-corrected chi connectivity index (χ4v) is 3.88. The minimum absolute atomic E-state index is 0.181. The van der Waals surface area contributed by atoms with Crippen molar-refractivity contribution in [2.75, 3.05) is 6.61 Å². The maximum atomic E-state index is 12.3. The average Bonchev–Trinajstić information content (AvgIpc) is 2.99. The largest absolute Gasteiger partial charge is 0.493 e. The van der Waals surface area contributed by atoms with Crippen LogP contribution in [0.3, 0.4) is 0 Å². The second-order valence-electron chi connectivity index (χ2n) is 6.58. The number of aromatic nitrogens is 1. The van der Waals surface area contributed by atoms with Crippen LogP contribution in [-0.2, 0) is 11.3 Å². The quantitative estimate of drug-likeness (QED) is 0.547. The van der Waals surface area contributed by atoms with Crippen LogP contribution in [0.25, 0.3) is 10.2 Å². The van der Waals surface area contributed by atoms with Crippen LogP contribution in [-0.4, -0.2) is 17.1 Å². The number of allylic oxidation sites excluding steroid dienone is 1. The Balaban J connectivity index is 1.81. The van der Waals surface area contributed by atoms with Gasteiger partial charge in [-0.05, 0) is 35.7 Å². The highest BCUT2D eigenvalue weighted by atomic mass is 32.1. The molecule has 0 atom stereocenters. The van der Waals surface area contributed by atoms with Gasteiger partial charge in [-0.15, -0.1) is 6.58 Å². The molecule has 3 rings (SSSR count). The Morgan fingerprint density at radius 1 is 1.26 bits per heavy atom. The van der Waals surface area contributed by atoms with Gasteiger partial charge in [0, 0.05) is 6.54 Å². The summed E-state index contributed by atoms with van der Waals surface area (Å²) in [6.07, 6.45) is 2.07. The van der Waals surface area contributed by atoms with Gasteiger partial charge in [0.05, 0.1) is 23.2 Å². The Bertz CT molecular complexity index is 1000. The van der Waals surface area contributed by atoms with Crippen molar-refractivity contribution in [3.63, 3.8) is 0 Å². The summed E-state index contributed by atoms with van der Waals surface area (Å²) >= 11 is 1.54. The van der Waals surface area contributed by atoms with Crippen LogP contribution in [0.5, 0.6) is 5.75 Å². The Morgan fingerprint density at radius 3 is 2.74 bits per heavy atom. The number of rotatable bonds is 7. The van der Waals surface area contributed by atoms with Gasteiger partial charge < -0.3 is 9.30 Å². The van der Waals surface area contributed by atoms with Gasteiger partial charge in [0.25, 0.3) is 5.91 Å². The average molecular weight is 381 g/mol. The molecule has 2 aromatic carbocycles. The molecule has 0 radical (unpaired) electrons. The third kappa shape index (κ3) is 4.74. The molecule has 0 bridgehead atoms. The van der Waals surface area contributed by atoms with Crippen molar-refractivity contribution in [2.24, 2.45) is 4.99 Å². The van der Waals surface area contributed by atoms with E-state index in [0.717, 1.165) is 16.0 Å². The first-order chi connectivity index (χ1) is 13.1. The predicted octanol–water partition coefficient (Wildman–Crippen LogP) is 4.91. The first-order valence-electron chi connectivity index (χ1n) is 9.08. The third-order valence-electron chi connectivity index (χ3n) is 4.23. The predicted molar refractivity (Wildman–Crippen MR) is 111 cm³/mol. The molecule has 0 fully saturated rings. The molecule has 0 spiro atoms. The van der Waals surface area contributed by atoms with E-state index in [1.807, 2.05) is 41.0 Å². The van der Waals surface area contributed by atoms with Gasteiger partial charge in [-0.1, -0.05) is 55.5 Å². The van der Waals surface area contributed by atoms with Crippen LogP contribution in [0.1, 0.15) is 31.7 Å². The first kappa shape index (κ1) is 19.1. The van der Waals surface area contributed by atoms with E-state index < -0.39 is 0 Å². The van der Waals surface area contributed by atoms with Crippen molar-refractivity contribution in [3.8, 4) is 5.75 Å². The van der Waals surface area contributed by atoms with E-state index >= 15 is 0 Å². The van der Waals surface area contributed by atoms with Crippen LogP contribution < -0.4 is 9.54 Å². The zero-order chi connectivity index (χ0) is 19.2. The first-order valence-corrected chi connectivity index (χ1v) is 9.89. The summed E-state index contributed by atoms with van der Waals surface area (Å²) in [5.41, 5.74) is 2.36. The lowest BCUT2D eigenvalue weighted by Gasteiger charge is -2.06. The van der Waals surface area contributed by atoms with Crippen LogP contribution in [0.4, 0.5) is 0 Å². The highest BCUT2D eigenvalue weighted by molar-refractivity contribution is 7.16. The molecule has 1 heterocycles. The second kappa shape index (κ2) is 8.82. The van der Waals surface area contributed by atoms with E-state index in [2.05, 4.69) is 43.6 Å². The lowest BCUT2D eigenvalue weighted by Crippen LogP contribution is -2.17. The second-order valence-corrected chi connectivity index (χ2v) is 7.59. The van der Waals surface area contributed by atoms with Gasteiger partial charge in [0.2, 0.25) is 0 Å². The van der Waals surface area contributed by atoms with Crippen LogP contribution in [0.2, 0.25) is 0 Å². The summed E-state index contributed by atoms with van der Waals surface area (Å²) in [4.78, 5) is 17.4. The number of benzene rings is 2. The number of carbonyl (C=O) groups excluding carboxylic acids is 1. The van der Waals surface area contributed by atoms with Gasteiger partial charge >= 0.3 is 0 Å². The lowest BCUT2D eigenvalue weighted by molar-refractivity contribution is -0.118. The maximum absolute atomic E-state index is 12.3. The number of thiazole rings is 1. The minimum atomic E-state index is -0.181. The highest BCUT2D eigenvalue weighted by Crippen LogP contribution is 2.23. The molecule has 0 unspecified atom stereocenters. The number of carbonyl (C=O) groups is 1. The van der Waals surface area contributed by atoms with Crippen LogP contribution in [0, 0.1) is 0 Å². The number of hydrogen-bond donors (Lipinski definition) is 0. The molecule has 5 heteroatoms. The molecule has 1 amide bonds. The molecule has 3 aromatic rings. The molecule has 0 aliphatic heterocycles. The Hall–Kier alpha value is -2.66. The van der Waals surface area contributed by atoms with Gasteiger partial charge in [-0.25, -0.2) is 0 Å². The number of hydrogen-bond acceptors (Lipinski definition) is 3. The fourth-order valence-electron chi connectivity index (χ4n) is 2.78. The van der Waals surface area contributed by atoms with Crippen molar-refractivity contribution >= 4 is 27.5 Å². The normalized spacial score (nSPS) is 11.9. The highest BCUT2D eigenvalue weighted by Gasteiger charge is 2.09. The van der Waals surface area contributed by atoms with Crippen molar-refractivity contribution in [2.45, 2.75) is 32.7 Å². The summed E-state index contributed by atoms with van der Waals surface area (Å²) in [6, 6.07) is 15.9. The molecular weight excluding hydrogens is 356 g/mol. The van der Waals surface area contributed by atoms with Crippen molar-refractivity contribution in [1.29, 1.82) is 0 Å². The van der Waals surface area contributed by atoms with Gasteiger partial charge in [0.1, 0.15) is 5.75 Å². The summed E-state index contributed by atoms with van der Waals surface area (Å²) in [6.45, 7) is 9.11. The Labute approximate surface area is 163 Å². The minimum Gasteiger partial charge on any atom is -0.493 e. The van der Waals surface area contributed by atoms with Gasteiger partial charge in [0.15, 0.2) is 4.80 Å². The number of amides is 1. The topological polar surface area (TPSA) is 43.6 Å². The molecule has 1 aromatic heterocycles. The number of fused-ring (bicyclic) bond motifs is 1. The fraction of sp³-hybridized carbons (Fsp3) is 0.273. The summed E-state index contributed by atoms with van der Waals surface area (Å²) in [5.74, 6) is 1.04. The molecular formula is C22H24N2O2S. The summed E-state index contributed by atoms with van der Waals surface area (Å²) in [7, 11) is 0. The molecule has 0 aliphatic carbocycles. The molecule has 4 nitrogen and oxygen atoms in total. The summed E-state index contributed by atoms with van der Waals surface area (Å²) < 4.78 is 8.76. The molecule has 0 aliphatic rings. The van der Waals surface area contributed by atoms with Crippen molar-refractivity contribution in [1.82, 2.24) is 4.57 Å². The van der Waals surface area contributed by atoms with E-state index in [9.17, 15) is 4.79 Å². The van der Waals surface area contributed by atoms with Crippen LogP contribution >= 0.6 is 11.3 Å². The number of para-hydroxylation sites is 1. The standard InChI is InChI=1S/C22H24N2O2S/c1-4-13-24-19-11-10-17(16(2)3)15-20(19)27-22(24)23-21(25)12-14-26-18-8-6-5-7-9-18/h4-11,15-16H,1,12-14H2,2-3H3.